The van der Waals surface area contributed by atoms with Crippen LogP contribution in [0.25, 0.3) is 0 Å². The predicted octanol–water partition coefficient (Wildman–Crippen LogP) is -0.161. The molecule has 1 aliphatic rings. The fraction of sp³-hybridized carbons (Fsp3) is 0.636. The van der Waals surface area contributed by atoms with Gasteiger partial charge in [0, 0.05) is 6.20 Å². The maximum absolute atomic E-state index is 11.8. The van der Waals surface area contributed by atoms with Crippen LogP contribution in [0, 0.1) is 0 Å². The molecule has 0 spiro atoms. The van der Waals surface area contributed by atoms with E-state index in [0.29, 0.717) is 18.8 Å². The summed E-state index contributed by atoms with van der Waals surface area (Å²) in [5.41, 5.74) is 5.38. The van der Waals surface area contributed by atoms with E-state index >= 15 is 0 Å². The zero-order valence-corrected chi connectivity index (χ0v) is 9.96. The van der Waals surface area contributed by atoms with Crippen molar-refractivity contribution in [3.63, 3.8) is 0 Å². The molecule has 2 heterocycles. The van der Waals surface area contributed by atoms with Crippen molar-refractivity contribution < 1.29 is 9.90 Å². The van der Waals surface area contributed by atoms with E-state index in [0.717, 1.165) is 12.8 Å². The van der Waals surface area contributed by atoms with Crippen molar-refractivity contribution in [1.29, 1.82) is 0 Å². The van der Waals surface area contributed by atoms with Gasteiger partial charge < -0.3 is 15.7 Å². The summed E-state index contributed by atoms with van der Waals surface area (Å²) in [4.78, 5) is 13.5. The number of nitrogens with two attached hydrogens (primary N) is 1. The van der Waals surface area contributed by atoms with Crippen LogP contribution in [0.4, 0.5) is 5.69 Å². The van der Waals surface area contributed by atoms with E-state index in [1.165, 1.54) is 10.9 Å². The molecule has 94 valence electrons. The lowest BCUT2D eigenvalue weighted by Crippen LogP contribution is -2.63. The van der Waals surface area contributed by atoms with Crippen LogP contribution in [-0.4, -0.2) is 44.4 Å². The van der Waals surface area contributed by atoms with Gasteiger partial charge in [0.2, 0.25) is 5.91 Å². The Kier molecular flexibility index (Phi) is 3.06. The monoisotopic (exact) mass is 238 g/mol. The van der Waals surface area contributed by atoms with Gasteiger partial charge in [0.15, 0.2) is 0 Å². The zero-order chi connectivity index (χ0) is 12.5. The van der Waals surface area contributed by atoms with Crippen molar-refractivity contribution in [1.82, 2.24) is 14.7 Å². The van der Waals surface area contributed by atoms with Crippen molar-refractivity contribution in [2.75, 3.05) is 18.8 Å². The van der Waals surface area contributed by atoms with Crippen LogP contribution in [0.15, 0.2) is 12.4 Å². The molecule has 2 rings (SSSR count). The van der Waals surface area contributed by atoms with Crippen LogP contribution in [0.2, 0.25) is 0 Å². The fourth-order valence-electron chi connectivity index (χ4n) is 2.17. The van der Waals surface area contributed by atoms with Crippen LogP contribution >= 0.6 is 0 Å². The molecule has 3 N–H and O–H groups in total. The highest BCUT2D eigenvalue weighted by atomic mass is 16.3. The molecule has 1 fully saturated rings. The molecule has 0 aliphatic carbocycles. The number of aliphatic hydroxyl groups is 1. The molecule has 17 heavy (non-hydrogen) atoms. The van der Waals surface area contributed by atoms with Crippen LogP contribution in [0.5, 0.6) is 0 Å². The molecule has 0 unspecified atom stereocenters. The minimum Gasteiger partial charge on any atom is -0.396 e. The molecule has 0 radical (unpaired) electrons. The van der Waals surface area contributed by atoms with E-state index in [1.54, 1.807) is 11.1 Å². The van der Waals surface area contributed by atoms with E-state index in [1.807, 2.05) is 6.92 Å². The van der Waals surface area contributed by atoms with Crippen LogP contribution < -0.4 is 5.73 Å². The lowest BCUT2D eigenvalue weighted by Gasteiger charge is -2.46. The summed E-state index contributed by atoms with van der Waals surface area (Å²) in [6, 6.07) is 0. The third kappa shape index (κ3) is 2.58. The third-order valence-corrected chi connectivity index (χ3v) is 2.99. The van der Waals surface area contributed by atoms with Gasteiger partial charge in [0.1, 0.15) is 6.54 Å². The molecule has 0 bridgehead atoms. The largest absolute Gasteiger partial charge is 0.396 e. The summed E-state index contributed by atoms with van der Waals surface area (Å²) < 4.78 is 1.51. The topological polar surface area (TPSA) is 84.4 Å². The highest BCUT2D eigenvalue weighted by Gasteiger charge is 2.42. The van der Waals surface area contributed by atoms with Gasteiger partial charge >= 0.3 is 0 Å². The Hall–Kier alpha value is -1.56. The standard InChI is InChI=1S/C11H18N4O2/c1-2-3-11(17)7-14(8-11)10(16)6-15-5-9(12)4-13-15/h4-5,17H,2-3,6-8,12H2,1H3. The normalized spacial score (nSPS) is 17.9. The second-order valence-electron chi connectivity index (χ2n) is 4.70. The SMILES string of the molecule is CCCC1(O)CN(C(=O)Cn2cc(N)cn2)C1. The van der Waals surface area contributed by atoms with Gasteiger partial charge in [0.05, 0.1) is 30.6 Å². The number of amides is 1. The van der Waals surface area contributed by atoms with Crippen LogP contribution in [0.1, 0.15) is 19.8 Å². The zero-order valence-electron chi connectivity index (χ0n) is 9.96. The molecule has 1 aromatic rings. The smallest absolute Gasteiger partial charge is 0.244 e. The van der Waals surface area contributed by atoms with Gasteiger partial charge in [-0.15, -0.1) is 0 Å². The van der Waals surface area contributed by atoms with Crippen molar-refractivity contribution in [3.8, 4) is 0 Å². The number of anilines is 1. The highest BCUT2D eigenvalue weighted by molar-refractivity contribution is 5.77. The lowest BCUT2D eigenvalue weighted by atomic mass is 9.89. The minimum absolute atomic E-state index is 0.0334. The van der Waals surface area contributed by atoms with Gasteiger partial charge in [-0.3, -0.25) is 9.48 Å². The van der Waals surface area contributed by atoms with Crippen LogP contribution in [-0.2, 0) is 11.3 Å². The number of hydrogen-bond donors (Lipinski definition) is 2. The minimum atomic E-state index is -0.673. The van der Waals surface area contributed by atoms with Gasteiger partial charge in [-0.1, -0.05) is 13.3 Å². The number of carbonyl (C=O) groups is 1. The highest BCUT2D eigenvalue weighted by Crippen LogP contribution is 2.25. The Morgan fingerprint density at radius 3 is 2.88 bits per heavy atom. The molecule has 1 amide bonds. The van der Waals surface area contributed by atoms with E-state index in [9.17, 15) is 9.90 Å². The molecular formula is C11H18N4O2. The predicted molar refractivity (Wildman–Crippen MR) is 63.1 cm³/mol. The molecule has 0 aromatic carbocycles. The number of likely N-dealkylation sites (tertiary alicyclic amines) is 1. The summed E-state index contributed by atoms with van der Waals surface area (Å²) in [6.45, 7) is 3.06. The summed E-state index contributed by atoms with van der Waals surface area (Å²) in [5, 5.41) is 13.9. The van der Waals surface area contributed by atoms with Crippen molar-refractivity contribution in [2.24, 2.45) is 0 Å². The van der Waals surface area contributed by atoms with E-state index in [2.05, 4.69) is 5.10 Å². The van der Waals surface area contributed by atoms with Crippen LogP contribution in [0.3, 0.4) is 0 Å². The first kappa shape index (κ1) is 11.9. The number of carbonyl (C=O) groups excluding carboxylic acids is 1. The summed E-state index contributed by atoms with van der Waals surface area (Å²) in [5.74, 6) is -0.0334. The number of rotatable bonds is 4. The molecule has 1 saturated heterocycles. The summed E-state index contributed by atoms with van der Waals surface area (Å²) >= 11 is 0. The Labute approximate surface area is 100 Å². The third-order valence-electron chi connectivity index (χ3n) is 2.99. The number of nitrogen functional groups attached to an aromatic ring is 1. The quantitative estimate of drug-likeness (QED) is 0.763. The Bertz CT molecular complexity index is 409. The van der Waals surface area contributed by atoms with E-state index in [-0.39, 0.29) is 12.5 Å². The molecular weight excluding hydrogens is 220 g/mol. The van der Waals surface area contributed by atoms with Crippen molar-refractivity contribution in [3.05, 3.63) is 12.4 Å². The number of hydrogen-bond acceptors (Lipinski definition) is 4. The van der Waals surface area contributed by atoms with Gasteiger partial charge in [0.25, 0.3) is 0 Å². The molecule has 6 nitrogen and oxygen atoms in total. The molecule has 0 saturated carbocycles. The number of nitrogens with zero attached hydrogens (tertiary/aromatic N) is 3. The molecule has 1 aliphatic heterocycles. The first-order chi connectivity index (χ1) is 8.02. The lowest BCUT2D eigenvalue weighted by molar-refractivity contribution is -0.157. The summed E-state index contributed by atoms with van der Waals surface area (Å²) in [7, 11) is 0. The fourth-order valence-corrected chi connectivity index (χ4v) is 2.17. The molecule has 1 aromatic heterocycles. The molecule has 6 heteroatoms. The average molecular weight is 238 g/mol. The molecule has 0 atom stereocenters. The van der Waals surface area contributed by atoms with E-state index < -0.39 is 5.60 Å². The average Bonchev–Trinajstić information content (AvgIpc) is 2.60. The maximum Gasteiger partial charge on any atom is 0.244 e. The Morgan fingerprint density at radius 2 is 2.35 bits per heavy atom. The van der Waals surface area contributed by atoms with Crippen molar-refractivity contribution >= 4 is 11.6 Å². The van der Waals surface area contributed by atoms with Gasteiger partial charge in [-0.25, -0.2) is 0 Å². The maximum atomic E-state index is 11.8. The van der Waals surface area contributed by atoms with Gasteiger partial charge in [-0.05, 0) is 6.42 Å². The number of β-amino-alcohol motifs (C(OH)–C–C–N with tert-alkyl or cyclic N) is 1. The van der Waals surface area contributed by atoms with Crippen molar-refractivity contribution in [2.45, 2.75) is 31.9 Å². The Morgan fingerprint density at radius 1 is 1.65 bits per heavy atom. The first-order valence-corrected chi connectivity index (χ1v) is 5.80. The summed E-state index contributed by atoms with van der Waals surface area (Å²) in [6.07, 6.45) is 4.80. The second kappa shape index (κ2) is 4.37. The van der Waals surface area contributed by atoms with E-state index in [4.69, 9.17) is 5.73 Å². The first-order valence-electron chi connectivity index (χ1n) is 5.80. The Balaban J connectivity index is 1.83. The second-order valence-corrected chi connectivity index (χ2v) is 4.70. The van der Waals surface area contributed by atoms with Gasteiger partial charge in [-0.2, -0.15) is 5.10 Å². The number of aromatic nitrogens is 2.